The predicted molar refractivity (Wildman–Crippen MR) is 24.5 cm³/mol. The first-order valence-corrected chi connectivity index (χ1v) is 4.02. The number of hydrogen-bond donors (Lipinski definition) is 0. The zero-order valence-corrected chi connectivity index (χ0v) is 7.91. The van der Waals surface area contributed by atoms with E-state index in [4.69, 9.17) is 4.43 Å². The molecule has 0 heterocycles. The molecule has 0 aromatic rings. The van der Waals surface area contributed by atoms with Crippen molar-refractivity contribution in [3.63, 3.8) is 0 Å². The van der Waals surface area contributed by atoms with E-state index in [-0.39, 0.29) is 38.6 Å². The van der Waals surface area contributed by atoms with Gasteiger partial charge < -0.3 is 4.43 Å². The first-order valence-electron chi connectivity index (χ1n) is 1.61. The second-order valence-electron chi connectivity index (χ2n) is 1.11. The van der Waals surface area contributed by atoms with Crippen LogP contribution in [0.5, 0.6) is 0 Å². The van der Waals surface area contributed by atoms with Crippen LogP contribution in [0.25, 0.3) is 0 Å². The molecule has 0 aliphatic heterocycles. The topological polar surface area (TPSA) is 9.23 Å². The second-order valence-corrected chi connectivity index (χ2v) is 3.34. The summed E-state index contributed by atoms with van der Waals surface area (Å²) in [6, 6.07) is 0. The van der Waals surface area contributed by atoms with E-state index in [1.54, 1.807) is 7.11 Å². The minimum absolute atomic E-state index is 0. The van der Waals surface area contributed by atoms with E-state index in [1.807, 2.05) is 0 Å². The van der Waals surface area contributed by atoms with Gasteiger partial charge in [0.2, 0.25) is 0 Å². The Hall–Kier alpha value is 1.18. The van der Waals surface area contributed by atoms with Crippen LogP contribution in [0, 0.1) is 0 Å². The van der Waals surface area contributed by atoms with Gasteiger partial charge in [-0.1, -0.05) is 0 Å². The van der Waals surface area contributed by atoms with Crippen molar-refractivity contribution in [1.82, 2.24) is 0 Å². The molecular formula is C3H9NaOSi. The standard InChI is InChI=1S/C3H9OSi.Na/c1-4-5(2)3;/h1-3H3;/q-1;+1. The fourth-order valence-corrected chi connectivity index (χ4v) is 0. The fraction of sp³-hybridized carbons (Fsp3) is 1.00. The van der Waals surface area contributed by atoms with Crippen LogP contribution >= 0.6 is 0 Å². The quantitative estimate of drug-likeness (QED) is 0.353. The molecule has 0 atom stereocenters. The maximum atomic E-state index is 4.85. The van der Waals surface area contributed by atoms with Gasteiger partial charge in [-0.15, -0.1) is 9.04 Å². The molecule has 0 aliphatic carbocycles. The fourth-order valence-electron chi connectivity index (χ4n) is 0. The zero-order valence-electron chi connectivity index (χ0n) is 4.91. The van der Waals surface area contributed by atoms with Crippen LogP contribution in [0.4, 0.5) is 0 Å². The summed E-state index contributed by atoms with van der Waals surface area (Å²) in [4.78, 5) is 0. The van der Waals surface area contributed by atoms with Crippen LogP contribution < -0.4 is 29.6 Å². The largest absolute Gasteiger partial charge is 1.00 e. The van der Waals surface area contributed by atoms with E-state index in [0.29, 0.717) is 0 Å². The van der Waals surface area contributed by atoms with Gasteiger partial charge in [0.25, 0.3) is 0 Å². The molecule has 0 fully saturated rings. The van der Waals surface area contributed by atoms with Crippen molar-refractivity contribution in [2.24, 2.45) is 0 Å². The summed E-state index contributed by atoms with van der Waals surface area (Å²) in [7, 11) is 1.37. The van der Waals surface area contributed by atoms with Crippen molar-refractivity contribution in [2.45, 2.75) is 13.1 Å². The molecule has 0 amide bonds. The molecule has 0 unspecified atom stereocenters. The van der Waals surface area contributed by atoms with Crippen LogP contribution in [0.3, 0.4) is 0 Å². The molecule has 3 heteroatoms. The molecule has 0 saturated heterocycles. The molecule has 0 bridgehead atoms. The maximum absolute atomic E-state index is 4.85. The van der Waals surface area contributed by atoms with Crippen molar-refractivity contribution in [1.29, 1.82) is 0 Å². The third-order valence-electron chi connectivity index (χ3n) is 0.408. The van der Waals surface area contributed by atoms with Crippen LogP contribution in [-0.2, 0) is 4.43 Å². The molecular weight excluding hydrogens is 103 g/mol. The Balaban J connectivity index is 0. The van der Waals surface area contributed by atoms with Crippen molar-refractivity contribution in [2.75, 3.05) is 7.11 Å². The van der Waals surface area contributed by atoms with Gasteiger partial charge in [0.1, 0.15) is 0 Å². The normalized spacial score (nSPS) is 8.00. The first-order chi connectivity index (χ1) is 2.27. The molecule has 0 spiro atoms. The Morgan fingerprint density at radius 2 is 1.50 bits per heavy atom. The Kier molecular flexibility index (Phi) is 10.5. The molecule has 0 aromatic heterocycles. The van der Waals surface area contributed by atoms with Gasteiger partial charge in [0, 0.05) is 0 Å². The zero-order chi connectivity index (χ0) is 4.28. The Labute approximate surface area is 63.1 Å². The predicted octanol–water partition coefficient (Wildman–Crippen LogP) is -2.11. The molecule has 0 aromatic carbocycles. The number of hydrogen-bond acceptors (Lipinski definition) is 1. The van der Waals surface area contributed by atoms with Crippen LogP contribution in [-0.4, -0.2) is 16.2 Å². The van der Waals surface area contributed by atoms with Gasteiger partial charge in [-0.3, -0.25) is 0 Å². The van der Waals surface area contributed by atoms with Crippen molar-refractivity contribution in [3.8, 4) is 0 Å². The van der Waals surface area contributed by atoms with Gasteiger partial charge in [-0.05, 0) is 7.11 Å². The second kappa shape index (κ2) is 6.18. The molecule has 0 N–H and O–H groups in total. The molecule has 0 radical (unpaired) electrons. The van der Waals surface area contributed by atoms with E-state index >= 15 is 0 Å². The minimum Gasteiger partial charge on any atom is -0.591 e. The number of rotatable bonds is 1. The van der Waals surface area contributed by atoms with E-state index in [2.05, 4.69) is 13.1 Å². The van der Waals surface area contributed by atoms with Crippen molar-refractivity contribution >= 4 is 9.04 Å². The Bertz CT molecular complexity index is 24.8. The van der Waals surface area contributed by atoms with Gasteiger partial charge >= 0.3 is 29.6 Å². The van der Waals surface area contributed by atoms with Gasteiger partial charge in [-0.2, -0.15) is 13.1 Å². The summed E-state index contributed by atoms with van der Waals surface area (Å²) in [6.45, 7) is 4.20. The molecule has 6 heavy (non-hydrogen) atoms. The van der Waals surface area contributed by atoms with Crippen LogP contribution in [0.1, 0.15) is 0 Å². The SMILES string of the molecule is CO[Si-](C)C.[Na+]. The Morgan fingerprint density at radius 3 is 1.50 bits per heavy atom. The third kappa shape index (κ3) is 8.95. The van der Waals surface area contributed by atoms with E-state index < -0.39 is 0 Å². The average molecular weight is 112 g/mol. The summed E-state index contributed by atoms with van der Waals surface area (Å²) >= 11 is 0. The summed E-state index contributed by atoms with van der Waals surface area (Å²) < 4.78 is 4.85. The summed E-state index contributed by atoms with van der Waals surface area (Å²) in [6.07, 6.45) is 0. The molecule has 0 rings (SSSR count). The molecule has 0 aliphatic rings. The van der Waals surface area contributed by atoms with Gasteiger partial charge in [0.05, 0.1) is 0 Å². The first kappa shape index (κ1) is 10.2. The maximum Gasteiger partial charge on any atom is 1.00 e. The van der Waals surface area contributed by atoms with Crippen molar-refractivity contribution in [3.05, 3.63) is 0 Å². The van der Waals surface area contributed by atoms with Crippen LogP contribution in [0.2, 0.25) is 13.1 Å². The monoisotopic (exact) mass is 112 g/mol. The Morgan fingerprint density at radius 1 is 1.33 bits per heavy atom. The van der Waals surface area contributed by atoms with E-state index in [0.717, 1.165) is 0 Å². The summed E-state index contributed by atoms with van der Waals surface area (Å²) in [5.74, 6) is 0. The molecule has 0 saturated carbocycles. The third-order valence-corrected chi connectivity index (χ3v) is 1.22. The summed E-state index contributed by atoms with van der Waals surface area (Å²) in [5, 5.41) is 0. The van der Waals surface area contributed by atoms with Gasteiger partial charge in [0.15, 0.2) is 0 Å². The smallest absolute Gasteiger partial charge is 0.591 e. The average Bonchev–Trinajstić information content (AvgIpc) is 1.38. The minimum atomic E-state index is -0.374. The van der Waals surface area contributed by atoms with Crippen molar-refractivity contribution < 1.29 is 34.0 Å². The van der Waals surface area contributed by atoms with Crippen LogP contribution in [0.15, 0.2) is 0 Å². The van der Waals surface area contributed by atoms with Gasteiger partial charge in [-0.25, -0.2) is 0 Å². The van der Waals surface area contributed by atoms with E-state index in [9.17, 15) is 0 Å². The van der Waals surface area contributed by atoms with E-state index in [1.165, 1.54) is 0 Å². The molecule has 32 valence electrons. The summed E-state index contributed by atoms with van der Waals surface area (Å²) in [5.41, 5.74) is 0. The molecule has 1 nitrogen and oxygen atoms in total.